The Morgan fingerprint density at radius 1 is 1.31 bits per heavy atom. The molecule has 10 heteroatoms. The van der Waals surface area contributed by atoms with E-state index in [4.69, 9.17) is 22.1 Å². The van der Waals surface area contributed by atoms with Crippen molar-refractivity contribution in [3.63, 3.8) is 0 Å². The van der Waals surface area contributed by atoms with E-state index in [2.05, 4.69) is 4.98 Å². The van der Waals surface area contributed by atoms with Gasteiger partial charge in [-0.2, -0.15) is 0 Å². The average Bonchev–Trinajstić information content (AvgIpc) is 2.67. The van der Waals surface area contributed by atoms with Gasteiger partial charge in [-0.3, -0.25) is 19.1 Å². The Labute approximate surface area is 172 Å². The number of carbonyl (C=O) groups is 1. The normalized spacial score (nSPS) is 10.8. The van der Waals surface area contributed by atoms with Crippen LogP contribution in [0.15, 0.2) is 27.8 Å². The molecule has 1 aromatic heterocycles. The second-order valence-electron chi connectivity index (χ2n) is 6.41. The van der Waals surface area contributed by atoms with Crippen LogP contribution in [0.4, 0.5) is 15.9 Å². The highest BCUT2D eigenvalue weighted by Gasteiger charge is 2.24. The van der Waals surface area contributed by atoms with Gasteiger partial charge in [-0.15, -0.1) is 0 Å². The van der Waals surface area contributed by atoms with Gasteiger partial charge >= 0.3 is 5.69 Å². The number of benzene rings is 1. The number of aromatic nitrogens is 2. The molecule has 2 aromatic rings. The summed E-state index contributed by atoms with van der Waals surface area (Å²) in [4.78, 5) is 40.7. The Bertz CT molecular complexity index is 989. The molecule has 8 nitrogen and oxygen atoms in total. The van der Waals surface area contributed by atoms with E-state index < -0.39 is 29.6 Å². The number of ether oxygens (including phenoxy) is 1. The molecule has 0 unspecified atom stereocenters. The summed E-state index contributed by atoms with van der Waals surface area (Å²) in [6, 6.07) is 3.71. The number of nitrogen functional groups attached to an aromatic ring is 1. The molecule has 0 fully saturated rings. The molecule has 0 aliphatic heterocycles. The number of H-pyrrole nitrogens is 1. The molecule has 158 valence electrons. The van der Waals surface area contributed by atoms with Crippen LogP contribution in [0.5, 0.6) is 5.75 Å². The summed E-state index contributed by atoms with van der Waals surface area (Å²) in [6.07, 6.45) is 2.05. The Hall–Kier alpha value is -2.81. The van der Waals surface area contributed by atoms with Crippen LogP contribution in [0.3, 0.4) is 0 Å². The standard InChI is InChI=1S/C19H24ClFN4O4/c1-3-5-9-25-17(22)16(18(27)23-19(25)28)24(8-4-2)15(26)11-29-12-6-7-14(21)13(20)10-12/h6-7,10H,3-5,8-9,11,22H2,1-2H3,(H,23,27,28). The van der Waals surface area contributed by atoms with Gasteiger partial charge in [0.1, 0.15) is 17.4 Å². The van der Waals surface area contributed by atoms with Crippen molar-refractivity contribution in [3.05, 3.63) is 49.9 Å². The van der Waals surface area contributed by atoms with Crippen LogP contribution in [0.1, 0.15) is 33.1 Å². The lowest BCUT2D eigenvalue weighted by Gasteiger charge is -2.24. The first kappa shape index (κ1) is 22.5. The van der Waals surface area contributed by atoms with Gasteiger partial charge in [0.05, 0.1) is 5.02 Å². The number of amides is 1. The van der Waals surface area contributed by atoms with Gasteiger partial charge in [-0.1, -0.05) is 31.9 Å². The number of hydrogen-bond donors (Lipinski definition) is 2. The van der Waals surface area contributed by atoms with Crippen LogP contribution >= 0.6 is 11.6 Å². The maximum absolute atomic E-state index is 13.3. The smallest absolute Gasteiger partial charge is 0.330 e. The van der Waals surface area contributed by atoms with Crippen molar-refractivity contribution in [2.45, 2.75) is 39.7 Å². The first-order chi connectivity index (χ1) is 13.8. The molecule has 1 aromatic carbocycles. The van der Waals surface area contributed by atoms with Gasteiger partial charge in [0, 0.05) is 19.2 Å². The minimum atomic E-state index is -0.744. The van der Waals surface area contributed by atoms with E-state index >= 15 is 0 Å². The molecule has 2 rings (SSSR count). The number of carbonyl (C=O) groups excluding carboxylic acids is 1. The Balaban J connectivity index is 2.32. The molecule has 29 heavy (non-hydrogen) atoms. The van der Waals surface area contributed by atoms with Crippen molar-refractivity contribution >= 4 is 29.0 Å². The topological polar surface area (TPSA) is 110 Å². The summed E-state index contributed by atoms with van der Waals surface area (Å²) >= 11 is 5.71. The molecule has 0 aliphatic rings. The number of nitrogens with two attached hydrogens (primary N) is 1. The van der Waals surface area contributed by atoms with Crippen molar-refractivity contribution in [1.82, 2.24) is 9.55 Å². The first-order valence-corrected chi connectivity index (χ1v) is 9.68. The highest BCUT2D eigenvalue weighted by molar-refractivity contribution is 6.30. The lowest BCUT2D eigenvalue weighted by molar-refractivity contribution is -0.120. The number of nitrogens with one attached hydrogen (secondary N) is 1. The number of aromatic amines is 1. The number of unbranched alkanes of at least 4 members (excludes halogenated alkanes) is 1. The van der Waals surface area contributed by atoms with Gasteiger partial charge in [-0.25, -0.2) is 9.18 Å². The Morgan fingerprint density at radius 3 is 2.66 bits per heavy atom. The van der Waals surface area contributed by atoms with Crippen LogP contribution < -0.4 is 26.6 Å². The van der Waals surface area contributed by atoms with E-state index in [1.54, 1.807) is 0 Å². The van der Waals surface area contributed by atoms with Crippen LogP contribution in [-0.4, -0.2) is 28.6 Å². The molecule has 0 radical (unpaired) electrons. The summed E-state index contributed by atoms with van der Waals surface area (Å²) in [5.41, 5.74) is 4.63. The molecule has 0 spiro atoms. The lowest BCUT2D eigenvalue weighted by Crippen LogP contribution is -2.43. The number of halogens is 2. The number of hydrogen-bond acceptors (Lipinski definition) is 5. The van der Waals surface area contributed by atoms with Gasteiger partial charge in [-0.05, 0) is 25.0 Å². The third-order valence-electron chi connectivity index (χ3n) is 4.22. The maximum Gasteiger partial charge on any atom is 0.330 e. The predicted molar refractivity (Wildman–Crippen MR) is 110 cm³/mol. The molecule has 1 heterocycles. The highest BCUT2D eigenvalue weighted by Crippen LogP contribution is 2.22. The van der Waals surface area contributed by atoms with Gasteiger partial charge in [0.2, 0.25) is 0 Å². The largest absolute Gasteiger partial charge is 0.484 e. The van der Waals surface area contributed by atoms with Crippen LogP contribution in [0.25, 0.3) is 0 Å². The number of rotatable bonds is 9. The van der Waals surface area contributed by atoms with Gasteiger partial charge in [0.25, 0.3) is 11.5 Å². The quantitative estimate of drug-likeness (QED) is 0.640. The molecule has 3 N–H and O–H groups in total. The van der Waals surface area contributed by atoms with E-state index in [9.17, 15) is 18.8 Å². The fourth-order valence-electron chi connectivity index (χ4n) is 2.75. The third-order valence-corrected chi connectivity index (χ3v) is 4.51. The minimum absolute atomic E-state index is 0.0705. The summed E-state index contributed by atoms with van der Waals surface area (Å²) < 4.78 is 19.9. The molecule has 0 saturated carbocycles. The van der Waals surface area contributed by atoms with Crippen molar-refractivity contribution in [2.24, 2.45) is 0 Å². The zero-order valence-electron chi connectivity index (χ0n) is 16.3. The molecule has 0 saturated heterocycles. The summed E-state index contributed by atoms with van der Waals surface area (Å²) in [5.74, 6) is -1.01. The second-order valence-corrected chi connectivity index (χ2v) is 6.82. The number of nitrogens with zero attached hydrogens (tertiary/aromatic N) is 2. The predicted octanol–water partition coefficient (Wildman–Crippen LogP) is 2.53. The average molecular weight is 427 g/mol. The van der Waals surface area contributed by atoms with E-state index in [1.165, 1.54) is 21.6 Å². The molecular formula is C19H24ClFN4O4. The van der Waals surface area contributed by atoms with Crippen LogP contribution in [0.2, 0.25) is 5.02 Å². The monoisotopic (exact) mass is 426 g/mol. The van der Waals surface area contributed by atoms with E-state index in [1.807, 2.05) is 13.8 Å². The maximum atomic E-state index is 13.3. The van der Waals surface area contributed by atoms with Crippen molar-refractivity contribution in [3.8, 4) is 5.75 Å². The second kappa shape index (κ2) is 10.1. The van der Waals surface area contributed by atoms with E-state index in [0.29, 0.717) is 19.4 Å². The Morgan fingerprint density at radius 2 is 2.03 bits per heavy atom. The van der Waals surface area contributed by atoms with Crippen LogP contribution in [0, 0.1) is 5.82 Å². The van der Waals surface area contributed by atoms with Crippen molar-refractivity contribution in [1.29, 1.82) is 0 Å². The lowest BCUT2D eigenvalue weighted by atomic mass is 10.3. The fourth-order valence-corrected chi connectivity index (χ4v) is 2.92. The summed E-state index contributed by atoms with van der Waals surface area (Å²) in [7, 11) is 0. The molecule has 0 bridgehead atoms. The van der Waals surface area contributed by atoms with E-state index in [-0.39, 0.29) is 28.8 Å². The summed E-state index contributed by atoms with van der Waals surface area (Å²) in [5, 5.41) is -0.135. The third kappa shape index (κ3) is 5.38. The van der Waals surface area contributed by atoms with Crippen molar-refractivity contribution in [2.75, 3.05) is 23.8 Å². The molecule has 0 aliphatic carbocycles. The number of anilines is 2. The fraction of sp³-hybridized carbons (Fsp3) is 0.421. The molecular weight excluding hydrogens is 403 g/mol. The van der Waals surface area contributed by atoms with Crippen molar-refractivity contribution < 1.29 is 13.9 Å². The molecule has 0 atom stereocenters. The first-order valence-electron chi connectivity index (χ1n) is 9.30. The Kier molecular flexibility index (Phi) is 7.83. The highest BCUT2D eigenvalue weighted by atomic mass is 35.5. The van der Waals surface area contributed by atoms with Crippen LogP contribution in [-0.2, 0) is 11.3 Å². The minimum Gasteiger partial charge on any atom is -0.484 e. The SMILES string of the molecule is CCCCn1c(N)c(N(CCC)C(=O)COc2ccc(F)c(Cl)c2)c(=O)[nH]c1=O. The molecule has 1 amide bonds. The van der Waals surface area contributed by atoms with E-state index in [0.717, 1.165) is 12.5 Å². The van der Waals surface area contributed by atoms with Gasteiger partial charge in [0.15, 0.2) is 12.3 Å². The zero-order valence-corrected chi connectivity index (χ0v) is 17.1. The zero-order chi connectivity index (χ0) is 21.6. The summed E-state index contributed by atoms with van der Waals surface area (Å²) in [6.45, 7) is 3.89. The van der Waals surface area contributed by atoms with Gasteiger partial charge < -0.3 is 15.4 Å².